The number of aliphatic hydroxyl groups excluding tert-OH is 1. The van der Waals surface area contributed by atoms with Crippen molar-refractivity contribution in [3.63, 3.8) is 0 Å². The Bertz CT molecular complexity index is 194. The minimum atomic E-state index is -2.86. The van der Waals surface area contributed by atoms with Gasteiger partial charge in [0.25, 0.3) is 0 Å². The van der Waals surface area contributed by atoms with E-state index in [2.05, 4.69) is 0 Å². The van der Waals surface area contributed by atoms with Crippen molar-refractivity contribution in [2.45, 2.75) is 38.4 Å². The second kappa shape index (κ2) is 5.54. The minimum Gasteiger partial charge on any atom is -0.396 e. The Balaban J connectivity index is 3.63. The Kier molecular flexibility index (Phi) is 5.50. The fourth-order valence-electron chi connectivity index (χ4n) is 0.828. The van der Waals surface area contributed by atoms with Crippen LogP contribution in [0.5, 0.6) is 0 Å². The van der Waals surface area contributed by atoms with E-state index in [4.69, 9.17) is 5.11 Å². The van der Waals surface area contributed by atoms with Gasteiger partial charge in [-0.2, -0.15) is 0 Å². The number of hydrogen-bond donors (Lipinski definition) is 1. The lowest BCUT2D eigenvalue weighted by molar-refractivity contribution is 0.284. The highest BCUT2D eigenvalue weighted by atomic mass is 32.2. The summed E-state index contributed by atoms with van der Waals surface area (Å²) in [7, 11) is -2.86. The van der Waals surface area contributed by atoms with Crippen molar-refractivity contribution in [2.75, 3.05) is 12.4 Å². The zero-order valence-corrected chi connectivity index (χ0v) is 8.60. The van der Waals surface area contributed by atoms with Crippen molar-refractivity contribution in [1.82, 2.24) is 0 Å². The first-order chi connectivity index (χ1) is 5.50. The van der Waals surface area contributed by atoms with Gasteiger partial charge in [0, 0.05) is 6.61 Å². The van der Waals surface area contributed by atoms with E-state index in [1.165, 1.54) is 0 Å². The lowest BCUT2D eigenvalue weighted by atomic mass is 10.3. The molecule has 0 bridgehead atoms. The third-order valence-electron chi connectivity index (χ3n) is 1.81. The molecule has 12 heavy (non-hydrogen) atoms. The van der Waals surface area contributed by atoms with Gasteiger partial charge in [0.15, 0.2) is 9.84 Å². The van der Waals surface area contributed by atoms with Gasteiger partial charge in [-0.05, 0) is 26.7 Å². The van der Waals surface area contributed by atoms with Crippen LogP contribution >= 0.6 is 0 Å². The lowest BCUT2D eigenvalue weighted by Gasteiger charge is -2.06. The summed E-state index contributed by atoms with van der Waals surface area (Å²) in [6.45, 7) is 3.55. The normalized spacial score (nSPS) is 12.3. The fourth-order valence-corrected chi connectivity index (χ4v) is 1.91. The molecule has 0 aromatic rings. The average molecular weight is 194 g/mol. The molecule has 0 amide bonds. The van der Waals surface area contributed by atoms with Gasteiger partial charge < -0.3 is 5.11 Å². The van der Waals surface area contributed by atoms with Gasteiger partial charge in [0.2, 0.25) is 0 Å². The van der Waals surface area contributed by atoms with Crippen LogP contribution in [0.3, 0.4) is 0 Å². The maximum atomic E-state index is 11.2. The van der Waals surface area contributed by atoms with Crippen LogP contribution in [0.1, 0.15) is 33.1 Å². The van der Waals surface area contributed by atoms with E-state index in [9.17, 15) is 8.42 Å². The monoisotopic (exact) mass is 194 g/mol. The summed E-state index contributed by atoms with van der Waals surface area (Å²) >= 11 is 0. The van der Waals surface area contributed by atoms with Crippen LogP contribution in [-0.4, -0.2) is 31.1 Å². The van der Waals surface area contributed by atoms with Crippen LogP contribution < -0.4 is 0 Å². The highest BCUT2D eigenvalue weighted by Gasteiger charge is 2.14. The summed E-state index contributed by atoms with van der Waals surface area (Å²) in [5.41, 5.74) is 0. The van der Waals surface area contributed by atoms with Crippen molar-refractivity contribution >= 4 is 9.84 Å². The first-order valence-corrected chi connectivity index (χ1v) is 6.04. The molecule has 0 aliphatic rings. The number of aliphatic hydroxyl groups is 1. The van der Waals surface area contributed by atoms with Crippen molar-refractivity contribution in [3.8, 4) is 0 Å². The lowest BCUT2D eigenvalue weighted by Crippen LogP contribution is -2.17. The molecule has 0 aliphatic carbocycles. The van der Waals surface area contributed by atoms with Crippen LogP contribution in [0, 0.1) is 0 Å². The van der Waals surface area contributed by atoms with Gasteiger partial charge in [0.1, 0.15) is 0 Å². The second-order valence-corrected chi connectivity index (χ2v) is 5.88. The molecule has 0 unspecified atom stereocenters. The molecule has 0 rings (SSSR count). The summed E-state index contributed by atoms with van der Waals surface area (Å²) in [4.78, 5) is 0. The standard InChI is InChI=1S/C8H18O3S/c1-8(2)12(10,11)7-5-3-4-6-9/h8-9H,3-7H2,1-2H3. The molecule has 0 saturated carbocycles. The average Bonchev–Trinajstić information content (AvgIpc) is 1.98. The van der Waals surface area contributed by atoms with Crippen molar-refractivity contribution in [2.24, 2.45) is 0 Å². The highest BCUT2D eigenvalue weighted by molar-refractivity contribution is 7.91. The first kappa shape index (κ1) is 11.9. The predicted octanol–water partition coefficient (Wildman–Crippen LogP) is 0.972. The van der Waals surface area contributed by atoms with Crippen LogP contribution in [0.25, 0.3) is 0 Å². The largest absolute Gasteiger partial charge is 0.396 e. The van der Waals surface area contributed by atoms with E-state index in [0.717, 1.165) is 6.42 Å². The number of unbranched alkanes of at least 4 members (excludes halogenated alkanes) is 2. The fraction of sp³-hybridized carbons (Fsp3) is 1.00. The molecule has 1 N–H and O–H groups in total. The van der Waals surface area contributed by atoms with E-state index < -0.39 is 9.84 Å². The molecular weight excluding hydrogens is 176 g/mol. The quantitative estimate of drug-likeness (QED) is 0.641. The molecular formula is C8H18O3S. The van der Waals surface area contributed by atoms with Gasteiger partial charge >= 0.3 is 0 Å². The Labute approximate surface area is 74.7 Å². The molecule has 0 fully saturated rings. The van der Waals surface area contributed by atoms with Crippen molar-refractivity contribution in [1.29, 1.82) is 0 Å². The van der Waals surface area contributed by atoms with Gasteiger partial charge in [-0.1, -0.05) is 6.42 Å². The second-order valence-electron chi connectivity index (χ2n) is 3.20. The molecule has 0 aliphatic heterocycles. The molecule has 74 valence electrons. The molecule has 0 spiro atoms. The van der Waals surface area contributed by atoms with E-state index in [1.54, 1.807) is 13.8 Å². The molecule has 0 aromatic carbocycles. The SMILES string of the molecule is CC(C)S(=O)(=O)CCCCCO. The Morgan fingerprint density at radius 1 is 1.17 bits per heavy atom. The van der Waals surface area contributed by atoms with Crippen molar-refractivity contribution < 1.29 is 13.5 Å². The van der Waals surface area contributed by atoms with Gasteiger partial charge in [-0.3, -0.25) is 0 Å². The Morgan fingerprint density at radius 3 is 2.17 bits per heavy atom. The molecule has 0 heterocycles. The number of sulfone groups is 1. The van der Waals surface area contributed by atoms with Crippen LogP contribution in [0.15, 0.2) is 0 Å². The summed E-state index contributed by atoms with van der Waals surface area (Å²) in [5.74, 6) is 0.255. The van der Waals surface area contributed by atoms with E-state index in [1.807, 2.05) is 0 Å². The molecule has 0 saturated heterocycles. The van der Waals surface area contributed by atoms with Crippen LogP contribution in [0.4, 0.5) is 0 Å². The summed E-state index contributed by atoms with van der Waals surface area (Å²) < 4.78 is 22.5. The number of rotatable bonds is 6. The van der Waals surface area contributed by atoms with E-state index in [0.29, 0.717) is 12.8 Å². The van der Waals surface area contributed by atoms with Gasteiger partial charge in [-0.25, -0.2) is 8.42 Å². The summed E-state index contributed by atoms with van der Waals surface area (Å²) in [6.07, 6.45) is 2.16. The van der Waals surface area contributed by atoms with E-state index >= 15 is 0 Å². The molecule has 0 radical (unpaired) electrons. The first-order valence-electron chi connectivity index (χ1n) is 4.33. The molecule has 0 atom stereocenters. The summed E-state index contributed by atoms with van der Waals surface area (Å²) in [6, 6.07) is 0. The third-order valence-corrected chi connectivity index (χ3v) is 4.10. The van der Waals surface area contributed by atoms with E-state index in [-0.39, 0.29) is 17.6 Å². The predicted molar refractivity (Wildman–Crippen MR) is 49.9 cm³/mol. The zero-order valence-electron chi connectivity index (χ0n) is 7.78. The third kappa shape index (κ3) is 4.72. The molecule has 3 nitrogen and oxygen atoms in total. The maximum absolute atomic E-state index is 11.2. The molecule has 0 aromatic heterocycles. The van der Waals surface area contributed by atoms with Gasteiger partial charge in [0.05, 0.1) is 11.0 Å². The Hall–Kier alpha value is -0.0900. The van der Waals surface area contributed by atoms with Gasteiger partial charge in [-0.15, -0.1) is 0 Å². The number of hydrogen-bond acceptors (Lipinski definition) is 3. The van der Waals surface area contributed by atoms with Crippen LogP contribution in [0.2, 0.25) is 0 Å². The molecule has 4 heteroatoms. The summed E-state index contributed by atoms with van der Waals surface area (Å²) in [5, 5.41) is 8.18. The Morgan fingerprint density at radius 2 is 1.75 bits per heavy atom. The zero-order chi connectivity index (χ0) is 9.61. The van der Waals surface area contributed by atoms with Crippen molar-refractivity contribution in [3.05, 3.63) is 0 Å². The topological polar surface area (TPSA) is 54.4 Å². The minimum absolute atomic E-state index is 0.154. The highest BCUT2D eigenvalue weighted by Crippen LogP contribution is 2.05. The maximum Gasteiger partial charge on any atom is 0.152 e. The van der Waals surface area contributed by atoms with Crippen LogP contribution in [-0.2, 0) is 9.84 Å². The smallest absolute Gasteiger partial charge is 0.152 e.